The lowest BCUT2D eigenvalue weighted by atomic mass is 10.1. The SMILES string of the molecule is Cc1cc(NC(=O)CN(C(=O)c2ccc(Cl)cc2Cl)C(C)C)no1. The molecule has 0 fully saturated rings. The van der Waals surface area contributed by atoms with E-state index in [1.54, 1.807) is 25.1 Å². The molecule has 0 aliphatic heterocycles. The van der Waals surface area contributed by atoms with Gasteiger partial charge in [-0.25, -0.2) is 0 Å². The lowest BCUT2D eigenvalue weighted by molar-refractivity contribution is -0.117. The molecule has 2 rings (SSSR count). The molecular weight excluding hydrogens is 353 g/mol. The Kier molecular flexibility index (Phi) is 5.85. The van der Waals surface area contributed by atoms with Crippen LogP contribution < -0.4 is 5.32 Å². The second-order valence-corrected chi connectivity index (χ2v) is 6.37. The Morgan fingerprint density at radius 3 is 2.54 bits per heavy atom. The molecule has 1 aromatic carbocycles. The lowest BCUT2D eigenvalue weighted by Gasteiger charge is -2.26. The fourth-order valence-electron chi connectivity index (χ4n) is 2.07. The van der Waals surface area contributed by atoms with E-state index in [4.69, 9.17) is 27.7 Å². The highest BCUT2D eigenvalue weighted by molar-refractivity contribution is 6.36. The van der Waals surface area contributed by atoms with Gasteiger partial charge >= 0.3 is 0 Å². The minimum atomic E-state index is -0.379. The van der Waals surface area contributed by atoms with Gasteiger partial charge in [-0.1, -0.05) is 28.4 Å². The number of carbonyl (C=O) groups is 2. The highest BCUT2D eigenvalue weighted by Crippen LogP contribution is 2.23. The van der Waals surface area contributed by atoms with Gasteiger partial charge < -0.3 is 14.7 Å². The zero-order chi connectivity index (χ0) is 17.9. The van der Waals surface area contributed by atoms with Crippen molar-refractivity contribution in [2.24, 2.45) is 0 Å². The van der Waals surface area contributed by atoms with E-state index in [2.05, 4.69) is 10.5 Å². The number of hydrogen-bond donors (Lipinski definition) is 1. The van der Waals surface area contributed by atoms with Gasteiger partial charge in [0.1, 0.15) is 12.3 Å². The summed E-state index contributed by atoms with van der Waals surface area (Å²) in [7, 11) is 0. The predicted octanol–water partition coefficient (Wildman–Crippen LogP) is 3.78. The maximum atomic E-state index is 12.7. The standard InChI is InChI=1S/C16H17Cl2N3O3/c1-9(2)21(8-15(22)19-14-6-10(3)24-20-14)16(23)12-5-4-11(17)7-13(12)18/h4-7,9H,8H2,1-3H3,(H,19,20,22). The van der Waals surface area contributed by atoms with Crippen LogP contribution >= 0.6 is 23.2 Å². The number of rotatable bonds is 5. The van der Waals surface area contributed by atoms with E-state index in [1.165, 1.54) is 11.0 Å². The molecule has 1 heterocycles. The van der Waals surface area contributed by atoms with Crippen LogP contribution in [0.25, 0.3) is 0 Å². The summed E-state index contributed by atoms with van der Waals surface area (Å²) in [5.74, 6) is 0.154. The summed E-state index contributed by atoms with van der Waals surface area (Å²) in [4.78, 5) is 26.3. The maximum absolute atomic E-state index is 12.7. The first-order chi connectivity index (χ1) is 11.3. The number of nitrogens with one attached hydrogen (secondary N) is 1. The average molecular weight is 370 g/mol. The van der Waals surface area contributed by atoms with Crippen molar-refractivity contribution in [3.63, 3.8) is 0 Å². The number of halogens is 2. The second kappa shape index (κ2) is 7.68. The number of benzene rings is 1. The van der Waals surface area contributed by atoms with E-state index in [9.17, 15) is 9.59 Å². The zero-order valence-corrected chi connectivity index (χ0v) is 15.0. The topological polar surface area (TPSA) is 75.4 Å². The number of amides is 2. The molecule has 0 bridgehead atoms. The Morgan fingerprint density at radius 2 is 2.00 bits per heavy atom. The summed E-state index contributed by atoms with van der Waals surface area (Å²) in [5.41, 5.74) is 0.292. The largest absolute Gasteiger partial charge is 0.360 e. The molecule has 0 radical (unpaired) electrons. The third-order valence-corrected chi connectivity index (χ3v) is 3.80. The van der Waals surface area contributed by atoms with Crippen molar-refractivity contribution < 1.29 is 14.1 Å². The smallest absolute Gasteiger partial charge is 0.256 e. The molecule has 2 amide bonds. The van der Waals surface area contributed by atoms with Gasteiger partial charge in [-0.3, -0.25) is 9.59 Å². The minimum Gasteiger partial charge on any atom is -0.360 e. The van der Waals surface area contributed by atoms with Crippen molar-refractivity contribution >= 4 is 40.8 Å². The number of hydrogen-bond acceptors (Lipinski definition) is 4. The normalized spacial score (nSPS) is 10.8. The molecule has 0 atom stereocenters. The van der Waals surface area contributed by atoms with Crippen molar-refractivity contribution in [3.05, 3.63) is 45.6 Å². The summed E-state index contributed by atoms with van der Waals surface area (Å²) >= 11 is 11.9. The van der Waals surface area contributed by atoms with Gasteiger partial charge in [0.15, 0.2) is 5.82 Å². The molecule has 0 aliphatic carbocycles. The van der Waals surface area contributed by atoms with Crippen molar-refractivity contribution in [3.8, 4) is 0 Å². The van der Waals surface area contributed by atoms with Gasteiger partial charge in [0, 0.05) is 17.1 Å². The van der Waals surface area contributed by atoms with E-state index < -0.39 is 0 Å². The van der Waals surface area contributed by atoms with Crippen molar-refractivity contribution in [1.29, 1.82) is 0 Å². The number of anilines is 1. The van der Waals surface area contributed by atoms with Crippen LogP contribution in [-0.4, -0.2) is 34.5 Å². The minimum absolute atomic E-state index is 0.138. The van der Waals surface area contributed by atoms with Crippen LogP contribution in [0.5, 0.6) is 0 Å². The van der Waals surface area contributed by atoms with E-state index in [-0.39, 0.29) is 29.4 Å². The fraction of sp³-hybridized carbons (Fsp3) is 0.312. The Labute approximate surface area is 149 Å². The van der Waals surface area contributed by atoms with Crippen LogP contribution in [0.1, 0.15) is 30.0 Å². The Hall–Kier alpha value is -2.05. The maximum Gasteiger partial charge on any atom is 0.256 e. The molecule has 6 nitrogen and oxygen atoms in total. The number of nitrogens with zero attached hydrogens (tertiary/aromatic N) is 2. The van der Waals surface area contributed by atoms with Crippen LogP contribution in [0.2, 0.25) is 10.0 Å². The molecule has 1 N–H and O–H groups in total. The van der Waals surface area contributed by atoms with Crippen LogP contribution in [0, 0.1) is 6.92 Å². The van der Waals surface area contributed by atoms with Crippen LogP contribution in [0.4, 0.5) is 5.82 Å². The van der Waals surface area contributed by atoms with E-state index in [0.717, 1.165) is 0 Å². The third-order valence-electron chi connectivity index (χ3n) is 3.26. The summed E-state index contributed by atoms with van der Waals surface area (Å²) in [5, 5.41) is 6.95. The Bertz CT molecular complexity index is 759. The fourth-order valence-corrected chi connectivity index (χ4v) is 2.56. The van der Waals surface area contributed by atoms with Gasteiger partial charge in [0.25, 0.3) is 5.91 Å². The second-order valence-electron chi connectivity index (χ2n) is 5.52. The summed E-state index contributed by atoms with van der Waals surface area (Å²) in [6.45, 7) is 5.21. The number of aromatic nitrogens is 1. The molecular formula is C16H17Cl2N3O3. The van der Waals surface area contributed by atoms with E-state index in [1.807, 2.05) is 13.8 Å². The molecule has 128 valence electrons. The highest BCUT2D eigenvalue weighted by atomic mass is 35.5. The first-order valence-electron chi connectivity index (χ1n) is 7.27. The van der Waals surface area contributed by atoms with Gasteiger partial charge in [0.2, 0.25) is 5.91 Å². The Balaban J connectivity index is 2.13. The zero-order valence-electron chi connectivity index (χ0n) is 13.5. The molecule has 2 aromatic rings. The Morgan fingerprint density at radius 1 is 1.29 bits per heavy atom. The first-order valence-corrected chi connectivity index (χ1v) is 8.02. The first kappa shape index (κ1) is 18.3. The van der Waals surface area contributed by atoms with E-state index in [0.29, 0.717) is 22.2 Å². The van der Waals surface area contributed by atoms with Crippen LogP contribution in [-0.2, 0) is 4.79 Å². The van der Waals surface area contributed by atoms with Crippen LogP contribution in [0.3, 0.4) is 0 Å². The molecule has 0 saturated heterocycles. The number of aryl methyl sites for hydroxylation is 1. The van der Waals surface area contributed by atoms with Gasteiger partial charge in [-0.2, -0.15) is 0 Å². The van der Waals surface area contributed by atoms with Crippen LogP contribution in [0.15, 0.2) is 28.8 Å². The third kappa shape index (κ3) is 4.49. The molecule has 0 unspecified atom stereocenters. The van der Waals surface area contributed by atoms with Crippen molar-refractivity contribution in [2.75, 3.05) is 11.9 Å². The quantitative estimate of drug-likeness (QED) is 0.869. The average Bonchev–Trinajstić information content (AvgIpc) is 2.89. The number of carbonyl (C=O) groups excluding carboxylic acids is 2. The molecule has 0 aliphatic rings. The van der Waals surface area contributed by atoms with Gasteiger partial charge in [-0.15, -0.1) is 0 Å². The predicted molar refractivity (Wildman–Crippen MR) is 92.5 cm³/mol. The molecule has 0 spiro atoms. The van der Waals surface area contributed by atoms with Crippen molar-refractivity contribution in [2.45, 2.75) is 26.8 Å². The molecule has 24 heavy (non-hydrogen) atoms. The molecule has 0 saturated carbocycles. The molecule has 1 aromatic heterocycles. The van der Waals surface area contributed by atoms with Crippen molar-refractivity contribution in [1.82, 2.24) is 10.1 Å². The lowest BCUT2D eigenvalue weighted by Crippen LogP contribution is -2.42. The summed E-state index contributed by atoms with van der Waals surface area (Å²) in [6, 6.07) is 6.01. The summed E-state index contributed by atoms with van der Waals surface area (Å²) in [6.07, 6.45) is 0. The highest BCUT2D eigenvalue weighted by Gasteiger charge is 2.24. The van der Waals surface area contributed by atoms with Gasteiger partial charge in [-0.05, 0) is 39.0 Å². The molecule has 8 heteroatoms. The summed E-state index contributed by atoms with van der Waals surface area (Å²) < 4.78 is 4.89. The van der Waals surface area contributed by atoms with E-state index >= 15 is 0 Å². The monoisotopic (exact) mass is 369 g/mol. The van der Waals surface area contributed by atoms with Gasteiger partial charge in [0.05, 0.1) is 10.6 Å².